The van der Waals surface area contributed by atoms with E-state index in [9.17, 15) is 4.79 Å². The Kier molecular flexibility index (Phi) is 3.58. The molecule has 0 fully saturated rings. The van der Waals surface area contributed by atoms with Gasteiger partial charge in [-0.15, -0.1) is 0 Å². The molecule has 1 unspecified atom stereocenters. The van der Waals surface area contributed by atoms with Crippen LogP contribution in [-0.4, -0.2) is 18.3 Å². The topological polar surface area (TPSA) is 71.7 Å². The van der Waals surface area contributed by atoms with Gasteiger partial charge in [0.15, 0.2) is 11.8 Å². The third-order valence-electron chi connectivity index (χ3n) is 2.59. The van der Waals surface area contributed by atoms with Crippen molar-refractivity contribution in [3.63, 3.8) is 0 Å². The van der Waals surface area contributed by atoms with Crippen molar-refractivity contribution in [3.8, 4) is 6.07 Å². The monoisotopic (exact) mass is 244 g/mol. The molecule has 1 aliphatic heterocycles. The lowest BCUT2D eigenvalue weighted by Crippen LogP contribution is -2.16. The van der Waals surface area contributed by atoms with Gasteiger partial charge < -0.3 is 9.57 Å². The van der Waals surface area contributed by atoms with Gasteiger partial charge in [-0.05, 0) is 24.6 Å². The minimum atomic E-state index is -0.436. The molecule has 18 heavy (non-hydrogen) atoms. The molecule has 0 spiro atoms. The number of nitriles is 1. The number of benzene rings is 1. The van der Waals surface area contributed by atoms with Gasteiger partial charge in [-0.1, -0.05) is 17.3 Å². The zero-order valence-electron chi connectivity index (χ0n) is 9.92. The SMILES string of the molecule is CCOC(=O)C1=NOC(c2ccc(C#N)cc2)C1. The van der Waals surface area contributed by atoms with E-state index >= 15 is 0 Å². The maximum Gasteiger partial charge on any atom is 0.356 e. The molecule has 0 N–H and O–H groups in total. The van der Waals surface area contributed by atoms with Gasteiger partial charge in [-0.2, -0.15) is 5.26 Å². The quantitative estimate of drug-likeness (QED) is 0.762. The smallest absolute Gasteiger partial charge is 0.356 e. The number of hydrogen-bond donors (Lipinski definition) is 0. The normalized spacial score (nSPS) is 17.6. The van der Waals surface area contributed by atoms with Gasteiger partial charge in [0.2, 0.25) is 0 Å². The van der Waals surface area contributed by atoms with Gasteiger partial charge >= 0.3 is 5.97 Å². The van der Waals surface area contributed by atoms with Crippen molar-refractivity contribution in [2.24, 2.45) is 5.16 Å². The summed E-state index contributed by atoms with van der Waals surface area (Å²) in [7, 11) is 0. The van der Waals surface area contributed by atoms with E-state index in [1.54, 1.807) is 31.2 Å². The Balaban J connectivity index is 2.02. The molecule has 0 aliphatic carbocycles. The molecule has 92 valence electrons. The molecule has 1 heterocycles. The second-order valence-electron chi connectivity index (χ2n) is 3.79. The maximum atomic E-state index is 11.4. The summed E-state index contributed by atoms with van der Waals surface area (Å²) in [6, 6.07) is 9.06. The highest BCUT2D eigenvalue weighted by Crippen LogP contribution is 2.27. The molecule has 0 bridgehead atoms. The number of oxime groups is 1. The average Bonchev–Trinajstić information content (AvgIpc) is 2.89. The van der Waals surface area contributed by atoms with E-state index < -0.39 is 5.97 Å². The number of ether oxygens (including phenoxy) is 1. The van der Waals surface area contributed by atoms with E-state index in [4.69, 9.17) is 14.8 Å². The van der Waals surface area contributed by atoms with Gasteiger partial charge in [0.1, 0.15) is 0 Å². The summed E-state index contributed by atoms with van der Waals surface area (Å²) >= 11 is 0. The highest BCUT2D eigenvalue weighted by atomic mass is 16.6. The molecule has 1 aromatic rings. The van der Waals surface area contributed by atoms with Crippen molar-refractivity contribution in [2.75, 3.05) is 6.61 Å². The van der Waals surface area contributed by atoms with Crippen LogP contribution in [0.5, 0.6) is 0 Å². The van der Waals surface area contributed by atoms with Crippen LogP contribution < -0.4 is 0 Å². The first-order chi connectivity index (χ1) is 8.74. The number of nitrogens with zero attached hydrogens (tertiary/aromatic N) is 2. The Morgan fingerprint density at radius 2 is 2.28 bits per heavy atom. The largest absolute Gasteiger partial charge is 0.461 e. The van der Waals surface area contributed by atoms with Crippen LogP contribution in [0.1, 0.15) is 30.6 Å². The van der Waals surface area contributed by atoms with Crippen molar-refractivity contribution in [1.82, 2.24) is 0 Å². The lowest BCUT2D eigenvalue weighted by Gasteiger charge is -2.07. The Morgan fingerprint density at radius 3 is 2.89 bits per heavy atom. The van der Waals surface area contributed by atoms with Crippen molar-refractivity contribution in [2.45, 2.75) is 19.4 Å². The van der Waals surface area contributed by atoms with Crippen LogP contribution in [0.25, 0.3) is 0 Å². The summed E-state index contributed by atoms with van der Waals surface area (Å²) in [4.78, 5) is 16.6. The minimum Gasteiger partial charge on any atom is -0.461 e. The second kappa shape index (κ2) is 5.32. The van der Waals surface area contributed by atoms with Gasteiger partial charge in [-0.25, -0.2) is 4.79 Å². The van der Waals surface area contributed by atoms with E-state index in [-0.39, 0.29) is 6.10 Å². The van der Waals surface area contributed by atoms with Crippen LogP contribution in [0, 0.1) is 11.3 Å². The van der Waals surface area contributed by atoms with Gasteiger partial charge in [0, 0.05) is 6.42 Å². The van der Waals surface area contributed by atoms with Crippen LogP contribution in [0.2, 0.25) is 0 Å². The highest BCUT2D eigenvalue weighted by Gasteiger charge is 2.28. The molecule has 0 saturated heterocycles. The molecule has 1 aromatic carbocycles. The Hall–Kier alpha value is -2.35. The van der Waals surface area contributed by atoms with Crippen LogP contribution in [0.15, 0.2) is 29.4 Å². The molecule has 1 atom stereocenters. The molecule has 0 aromatic heterocycles. The molecule has 0 radical (unpaired) electrons. The fourth-order valence-corrected chi connectivity index (χ4v) is 1.66. The van der Waals surface area contributed by atoms with Crippen molar-refractivity contribution >= 4 is 11.7 Å². The van der Waals surface area contributed by atoms with E-state index in [2.05, 4.69) is 5.16 Å². The first-order valence-corrected chi connectivity index (χ1v) is 5.64. The molecule has 5 nitrogen and oxygen atoms in total. The maximum absolute atomic E-state index is 11.4. The first-order valence-electron chi connectivity index (χ1n) is 5.64. The lowest BCUT2D eigenvalue weighted by atomic mass is 10.0. The summed E-state index contributed by atoms with van der Waals surface area (Å²) in [5.41, 5.74) is 1.77. The average molecular weight is 244 g/mol. The van der Waals surface area contributed by atoms with E-state index in [1.807, 2.05) is 6.07 Å². The van der Waals surface area contributed by atoms with E-state index in [1.165, 1.54) is 0 Å². The second-order valence-corrected chi connectivity index (χ2v) is 3.79. The van der Waals surface area contributed by atoms with Crippen LogP contribution in [-0.2, 0) is 14.4 Å². The third kappa shape index (κ3) is 2.48. The fourth-order valence-electron chi connectivity index (χ4n) is 1.66. The summed E-state index contributed by atoms with van der Waals surface area (Å²) < 4.78 is 4.85. The first kappa shape index (κ1) is 12.1. The number of carbonyl (C=O) groups is 1. The summed E-state index contributed by atoms with van der Waals surface area (Å²) in [5, 5.41) is 12.4. The van der Waals surface area contributed by atoms with E-state index in [0.29, 0.717) is 24.3 Å². The zero-order valence-corrected chi connectivity index (χ0v) is 9.92. The highest BCUT2D eigenvalue weighted by molar-refractivity contribution is 6.36. The third-order valence-corrected chi connectivity index (χ3v) is 2.59. The van der Waals surface area contributed by atoms with Gasteiger partial charge in [-0.3, -0.25) is 0 Å². The molecular weight excluding hydrogens is 232 g/mol. The number of hydrogen-bond acceptors (Lipinski definition) is 5. The Labute approximate surface area is 105 Å². The van der Waals surface area contributed by atoms with Gasteiger partial charge in [0.05, 0.1) is 18.2 Å². The summed E-state index contributed by atoms with van der Waals surface area (Å²) in [5.74, 6) is -0.436. The van der Waals surface area contributed by atoms with Crippen LogP contribution in [0.3, 0.4) is 0 Å². The zero-order chi connectivity index (χ0) is 13.0. The Morgan fingerprint density at radius 1 is 1.56 bits per heavy atom. The number of esters is 1. The van der Waals surface area contributed by atoms with Gasteiger partial charge in [0.25, 0.3) is 0 Å². The molecule has 0 saturated carbocycles. The Bertz CT molecular complexity index is 514. The number of carbonyl (C=O) groups excluding carboxylic acids is 1. The van der Waals surface area contributed by atoms with Crippen molar-refractivity contribution in [1.29, 1.82) is 5.26 Å². The fraction of sp³-hybridized carbons (Fsp3) is 0.308. The standard InChI is InChI=1S/C13H12N2O3/c1-2-17-13(16)11-7-12(18-15-11)10-5-3-9(8-14)4-6-10/h3-6,12H,2,7H2,1H3. The van der Waals surface area contributed by atoms with Crippen LogP contribution in [0.4, 0.5) is 0 Å². The molecule has 1 aliphatic rings. The molecular formula is C13H12N2O3. The van der Waals surface area contributed by atoms with Crippen molar-refractivity contribution in [3.05, 3.63) is 35.4 Å². The molecule has 0 amide bonds. The molecule has 5 heteroatoms. The lowest BCUT2D eigenvalue weighted by molar-refractivity contribution is -0.135. The van der Waals surface area contributed by atoms with Crippen LogP contribution >= 0.6 is 0 Å². The minimum absolute atomic E-state index is 0.280. The van der Waals surface area contributed by atoms with E-state index in [0.717, 1.165) is 5.56 Å². The van der Waals surface area contributed by atoms with Crippen molar-refractivity contribution < 1.29 is 14.4 Å². The summed E-state index contributed by atoms with van der Waals surface area (Å²) in [6.07, 6.45) is 0.113. The molecule has 2 rings (SSSR count). The predicted octanol–water partition coefficient (Wildman–Crippen LogP) is 1.94. The number of rotatable bonds is 3. The predicted molar refractivity (Wildman–Crippen MR) is 63.7 cm³/mol. The summed E-state index contributed by atoms with van der Waals surface area (Å²) in [6.45, 7) is 2.06.